The van der Waals surface area contributed by atoms with Crippen LogP contribution in [0.5, 0.6) is 0 Å². The highest BCUT2D eigenvalue weighted by molar-refractivity contribution is 6.46. The van der Waals surface area contributed by atoms with Crippen molar-refractivity contribution in [1.82, 2.24) is 24.9 Å². The summed E-state index contributed by atoms with van der Waals surface area (Å²) in [5, 5.41) is 2.61. The van der Waals surface area contributed by atoms with E-state index in [4.69, 9.17) is 0 Å². The predicted octanol–water partition coefficient (Wildman–Crippen LogP) is -0.206. The van der Waals surface area contributed by atoms with Crippen LogP contribution in [-0.4, -0.2) is 114 Å². The maximum Gasteiger partial charge on any atom is 0.312 e. The molecule has 1 saturated carbocycles. The van der Waals surface area contributed by atoms with Crippen molar-refractivity contribution in [3.05, 3.63) is 35.6 Å². The molecule has 4 aliphatic rings. The molecule has 38 heavy (non-hydrogen) atoms. The molecule has 1 aromatic carbocycles. The zero-order valence-electron chi connectivity index (χ0n) is 22.3. The number of ketones is 1. The first-order valence-electron chi connectivity index (χ1n) is 12.5. The van der Waals surface area contributed by atoms with E-state index in [-0.39, 0.29) is 18.9 Å². The Morgan fingerprint density at radius 1 is 1.00 bits per heavy atom. The second-order valence-corrected chi connectivity index (χ2v) is 10.7. The molecule has 1 atom stereocenters. The highest BCUT2D eigenvalue weighted by Crippen LogP contribution is 2.47. The highest BCUT2D eigenvalue weighted by Gasteiger charge is 2.60. The highest BCUT2D eigenvalue weighted by atomic mass is 19.1. The van der Waals surface area contributed by atoms with Crippen LogP contribution in [0, 0.1) is 5.82 Å². The maximum atomic E-state index is 13.5. The van der Waals surface area contributed by atoms with Gasteiger partial charge in [0.15, 0.2) is 6.04 Å². The molecule has 4 amide bonds. The number of amidine groups is 1. The van der Waals surface area contributed by atoms with Crippen LogP contribution in [0.2, 0.25) is 0 Å². The average Bonchev–Trinajstić information content (AvgIpc) is 3.14. The molecule has 3 heterocycles. The number of rotatable bonds is 5. The fourth-order valence-corrected chi connectivity index (χ4v) is 5.59. The van der Waals surface area contributed by atoms with Gasteiger partial charge in [0.25, 0.3) is 17.6 Å². The van der Waals surface area contributed by atoms with Crippen molar-refractivity contribution in [2.45, 2.75) is 49.3 Å². The van der Waals surface area contributed by atoms with E-state index in [2.05, 4.69) is 10.3 Å². The summed E-state index contributed by atoms with van der Waals surface area (Å²) >= 11 is 0. The number of hydrogen-bond acceptors (Lipinski definition) is 7. The van der Waals surface area contributed by atoms with Gasteiger partial charge >= 0.3 is 11.8 Å². The van der Waals surface area contributed by atoms with E-state index in [9.17, 15) is 28.4 Å². The van der Waals surface area contributed by atoms with E-state index < -0.39 is 52.3 Å². The summed E-state index contributed by atoms with van der Waals surface area (Å²) in [6, 6.07) is 3.87. The smallest absolute Gasteiger partial charge is 0.312 e. The van der Waals surface area contributed by atoms with Crippen LogP contribution in [0.25, 0.3) is 0 Å². The second kappa shape index (κ2) is 9.90. The molecule has 1 aromatic rings. The Bertz CT molecular complexity index is 1200. The van der Waals surface area contributed by atoms with Gasteiger partial charge in [0, 0.05) is 39.8 Å². The van der Waals surface area contributed by atoms with Crippen molar-refractivity contribution in [3.8, 4) is 0 Å². The topological polar surface area (TPSA) is 123 Å². The van der Waals surface area contributed by atoms with E-state index in [0.29, 0.717) is 31.2 Å². The van der Waals surface area contributed by atoms with Crippen molar-refractivity contribution < 1.29 is 28.4 Å². The third kappa shape index (κ3) is 4.46. The van der Waals surface area contributed by atoms with Crippen molar-refractivity contribution in [2.24, 2.45) is 4.99 Å². The number of amides is 4. The summed E-state index contributed by atoms with van der Waals surface area (Å²) in [7, 11) is 8.27. The molecule has 1 N–H and O–H groups in total. The molecule has 204 valence electrons. The molecule has 1 unspecified atom stereocenters. The van der Waals surface area contributed by atoms with Gasteiger partial charge < -0.3 is 20.0 Å². The number of Topliss-reactive ketones (excluding diaryl/α,β-unsaturated/α-hetero) is 1. The van der Waals surface area contributed by atoms with Gasteiger partial charge in [-0.15, -0.1) is 0 Å². The Kier molecular flexibility index (Phi) is 7.13. The standard InChI is InChI=1S/C26H33FN6O5/c1-30(2)22(37)23(38)32(5)26-12-10-25(11-13-26,31(3)4)15-33-21(36)19(34)18(29-24(26)33)20(35)28-14-16-6-8-17(27)9-7-16/h6-9,18H,10-15H2,1-5H3,(H,28,35). The largest absolute Gasteiger partial charge is 0.350 e. The van der Waals surface area contributed by atoms with Gasteiger partial charge in [0.2, 0.25) is 0 Å². The molecule has 1 aliphatic carbocycles. The molecular formula is C26H33FN6O5. The van der Waals surface area contributed by atoms with Gasteiger partial charge in [0.05, 0.1) is 0 Å². The van der Waals surface area contributed by atoms with Gasteiger partial charge in [-0.25, -0.2) is 9.38 Å². The molecule has 0 spiro atoms. The minimum Gasteiger partial charge on any atom is -0.350 e. The zero-order chi connectivity index (χ0) is 28.0. The number of likely N-dealkylation sites (N-methyl/N-ethyl adjacent to an activating group) is 3. The van der Waals surface area contributed by atoms with Crippen molar-refractivity contribution >= 4 is 35.2 Å². The predicted molar refractivity (Wildman–Crippen MR) is 135 cm³/mol. The molecule has 11 nitrogen and oxygen atoms in total. The first kappa shape index (κ1) is 27.4. The Balaban J connectivity index is 1.74. The molecule has 0 radical (unpaired) electrons. The minimum absolute atomic E-state index is 0.0102. The fourth-order valence-electron chi connectivity index (χ4n) is 5.59. The first-order valence-corrected chi connectivity index (χ1v) is 12.5. The molecule has 2 saturated heterocycles. The van der Waals surface area contributed by atoms with Crippen LogP contribution in [0.15, 0.2) is 29.3 Å². The van der Waals surface area contributed by atoms with Crippen LogP contribution in [0.4, 0.5) is 4.39 Å². The lowest BCUT2D eigenvalue weighted by atomic mass is 9.72. The number of nitrogens with one attached hydrogen (secondary N) is 1. The van der Waals surface area contributed by atoms with Crippen molar-refractivity contribution in [1.29, 1.82) is 0 Å². The summed E-state index contributed by atoms with van der Waals surface area (Å²) in [5.41, 5.74) is -0.998. The van der Waals surface area contributed by atoms with Crippen molar-refractivity contribution in [2.75, 3.05) is 41.8 Å². The van der Waals surface area contributed by atoms with Crippen LogP contribution in [0.1, 0.15) is 31.2 Å². The summed E-state index contributed by atoms with van der Waals surface area (Å²) in [6.07, 6.45) is 1.97. The number of carbonyl (C=O) groups excluding carboxylic acids is 5. The molecule has 0 aromatic heterocycles. The van der Waals surface area contributed by atoms with E-state index in [1.807, 2.05) is 19.0 Å². The summed E-state index contributed by atoms with van der Waals surface area (Å²) in [6.45, 7) is 0.189. The van der Waals surface area contributed by atoms with Crippen molar-refractivity contribution in [3.63, 3.8) is 0 Å². The number of carbonyl (C=O) groups is 5. The van der Waals surface area contributed by atoms with Crippen LogP contribution in [-0.2, 0) is 30.5 Å². The summed E-state index contributed by atoms with van der Waals surface area (Å²) in [5.74, 6) is -4.35. The van der Waals surface area contributed by atoms with Gasteiger partial charge in [-0.3, -0.25) is 28.9 Å². The number of benzene rings is 1. The molecule has 2 bridgehead atoms. The van der Waals surface area contributed by atoms with Gasteiger partial charge in [-0.1, -0.05) is 12.1 Å². The molecule has 3 aliphatic heterocycles. The molecule has 3 fully saturated rings. The van der Waals surface area contributed by atoms with Gasteiger partial charge in [-0.2, -0.15) is 0 Å². The molecular weight excluding hydrogens is 495 g/mol. The van der Waals surface area contributed by atoms with E-state index in [1.54, 1.807) is 0 Å². The number of halogens is 1. The van der Waals surface area contributed by atoms with Gasteiger partial charge in [-0.05, 0) is 57.5 Å². The Morgan fingerprint density at radius 3 is 2.16 bits per heavy atom. The van der Waals surface area contributed by atoms with Crippen LogP contribution >= 0.6 is 0 Å². The Morgan fingerprint density at radius 2 is 1.61 bits per heavy atom. The molecule has 12 heteroatoms. The third-order valence-corrected chi connectivity index (χ3v) is 8.20. The Labute approximate surface area is 220 Å². The van der Waals surface area contributed by atoms with E-state index in [0.717, 1.165) is 0 Å². The second-order valence-electron chi connectivity index (χ2n) is 10.7. The first-order chi connectivity index (χ1) is 17.8. The average molecular weight is 529 g/mol. The van der Waals surface area contributed by atoms with Crippen LogP contribution < -0.4 is 5.32 Å². The Hall–Kier alpha value is -3.67. The SMILES string of the molecule is CN(C)C(=O)C(=O)N(C)C12CCC(N(C)C)(CC1)CN1C(=O)C(=O)C(C(=O)NCc3ccc(F)cc3)N=C12. The van der Waals surface area contributed by atoms with E-state index >= 15 is 0 Å². The number of nitrogens with zero attached hydrogens (tertiary/aromatic N) is 5. The third-order valence-electron chi connectivity index (χ3n) is 8.20. The zero-order valence-corrected chi connectivity index (χ0v) is 22.3. The summed E-state index contributed by atoms with van der Waals surface area (Å²) in [4.78, 5) is 75.9. The lowest BCUT2D eigenvalue weighted by Gasteiger charge is -2.48. The quantitative estimate of drug-likeness (QED) is 0.417. The van der Waals surface area contributed by atoms with Crippen LogP contribution in [0.3, 0.4) is 0 Å². The number of fused-ring (bicyclic) bond motifs is 2. The van der Waals surface area contributed by atoms with E-state index in [1.165, 1.54) is 60.1 Å². The summed E-state index contributed by atoms with van der Waals surface area (Å²) < 4.78 is 13.2. The monoisotopic (exact) mass is 528 g/mol. The van der Waals surface area contributed by atoms with Gasteiger partial charge in [0.1, 0.15) is 17.2 Å². The normalized spacial score (nSPS) is 26.4. The fraction of sp³-hybridized carbons (Fsp3) is 0.538. The number of aliphatic imine (C=N–C) groups is 1. The number of hydrogen-bond donors (Lipinski definition) is 1. The minimum atomic E-state index is -1.63. The molecule has 5 rings (SSSR count). The lowest BCUT2D eigenvalue weighted by Crippen LogP contribution is -2.65. The maximum absolute atomic E-state index is 13.5. The lowest BCUT2D eigenvalue weighted by molar-refractivity contribution is -0.152.